The number of nitrogens with zero attached hydrogens (tertiary/aromatic N) is 3. The molecule has 0 aliphatic heterocycles. The molecule has 0 aliphatic carbocycles. The van der Waals surface area contributed by atoms with Crippen molar-refractivity contribution in [2.75, 3.05) is 11.9 Å². The quantitative estimate of drug-likeness (QED) is 0.452. The zero-order valence-electron chi connectivity index (χ0n) is 19.9. The molecule has 2 N–H and O–H groups in total. The lowest BCUT2D eigenvalue weighted by Crippen LogP contribution is -2.40. The van der Waals surface area contributed by atoms with Crippen LogP contribution in [0.25, 0.3) is 33.2 Å². The molecule has 2 aromatic carbocycles. The van der Waals surface area contributed by atoms with Crippen LogP contribution >= 0.6 is 0 Å². The SMILES string of the molecule is Cc1cc2cc(-c3nc4ccc(C(=O)NC(C)(C)C)cc4nc3N(C)C(C)C)ccc2[nH]1. The second-order valence-electron chi connectivity index (χ2n) is 9.76. The van der Waals surface area contributed by atoms with E-state index in [0.29, 0.717) is 11.1 Å². The number of aromatic nitrogens is 3. The average molecular weight is 430 g/mol. The van der Waals surface area contributed by atoms with Gasteiger partial charge in [-0.3, -0.25) is 4.79 Å². The minimum Gasteiger partial charge on any atom is -0.359 e. The van der Waals surface area contributed by atoms with Crippen molar-refractivity contribution in [1.29, 1.82) is 0 Å². The summed E-state index contributed by atoms with van der Waals surface area (Å²) in [5, 5.41) is 4.16. The van der Waals surface area contributed by atoms with E-state index in [1.54, 1.807) is 0 Å². The van der Waals surface area contributed by atoms with Crippen LogP contribution in [0.3, 0.4) is 0 Å². The maximum atomic E-state index is 12.7. The summed E-state index contributed by atoms with van der Waals surface area (Å²) in [5.41, 5.74) is 5.83. The largest absolute Gasteiger partial charge is 0.359 e. The lowest BCUT2D eigenvalue weighted by molar-refractivity contribution is 0.0919. The molecule has 6 heteroatoms. The number of amides is 1. The zero-order valence-corrected chi connectivity index (χ0v) is 19.9. The minimum absolute atomic E-state index is 0.114. The smallest absolute Gasteiger partial charge is 0.251 e. The lowest BCUT2D eigenvalue weighted by Gasteiger charge is -2.25. The predicted molar refractivity (Wildman–Crippen MR) is 132 cm³/mol. The molecule has 0 aliphatic rings. The van der Waals surface area contributed by atoms with Gasteiger partial charge in [0, 0.05) is 46.4 Å². The molecule has 2 heterocycles. The third kappa shape index (κ3) is 4.31. The first-order valence-electron chi connectivity index (χ1n) is 11.0. The van der Waals surface area contributed by atoms with Gasteiger partial charge in [0.05, 0.1) is 11.0 Å². The second-order valence-corrected chi connectivity index (χ2v) is 9.76. The molecule has 4 aromatic rings. The number of anilines is 1. The van der Waals surface area contributed by atoms with Gasteiger partial charge in [0.2, 0.25) is 0 Å². The molecule has 0 bridgehead atoms. The number of carbonyl (C=O) groups is 1. The number of nitrogens with one attached hydrogen (secondary N) is 2. The number of hydrogen-bond acceptors (Lipinski definition) is 4. The molecule has 0 radical (unpaired) electrons. The predicted octanol–water partition coefficient (Wildman–Crippen LogP) is 5.46. The highest BCUT2D eigenvalue weighted by atomic mass is 16.1. The number of aryl methyl sites for hydroxylation is 1. The monoisotopic (exact) mass is 429 g/mol. The van der Waals surface area contributed by atoms with Crippen molar-refractivity contribution in [3.8, 4) is 11.3 Å². The van der Waals surface area contributed by atoms with Crippen LogP contribution in [0.2, 0.25) is 0 Å². The van der Waals surface area contributed by atoms with Gasteiger partial charge in [-0.25, -0.2) is 9.97 Å². The van der Waals surface area contributed by atoms with Crippen LogP contribution in [-0.4, -0.2) is 39.5 Å². The first-order valence-corrected chi connectivity index (χ1v) is 11.0. The van der Waals surface area contributed by atoms with E-state index in [-0.39, 0.29) is 17.5 Å². The molecule has 0 fully saturated rings. The Kier molecular flexibility index (Phi) is 5.41. The van der Waals surface area contributed by atoms with Crippen LogP contribution in [-0.2, 0) is 0 Å². The van der Waals surface area contributed by atoms with Gasteiger partial charge in [-0.2, -0.15) is 0 Å². The summed E-state index contributed by atoms with van der Waals surface area (Å²) in [4.78, 5) is 28.1. The van der Waals surface area contributed by atoms with Crippen molar-refractivity contribution in [3.63, 3.8) is 0 Å². The molecule has 6 nitrogen and oxygen atoms in total. The van der Waals surface area contributed by atoms with E-state index in [1.807, 2.05) is 46.0 Å². The highest BCUT2D eigenvalue weighted by Gasteiger charge is 2.20. The molecule has 2 aromatic heterocycles. The molecule has 0 spiro atoms. The molecular formula is C26H31N5O. The second kappa shape index (κ2) is 7.93. The summed E-state index contributed by atoms with van der Waals surface area (Å²) in [5.74, 6) is 0.685. The normalized spacial score (nSPS) is 12.0. The van der Waals surface area contributed by atoms with E-state index in [2.05, 4.69) is 60.2 Å². The number of benzene rings is 2. The van der Waals surface area contributed by atoms with Gasteiger partial charge in [-0.05, 0) is 77.9 Å². The number of hydrogen-bond donors (Lipinski definition) is 2. The number of H-pyrrole nitrogens is 1. The van der Waals surface area contributed by atoms with Crippen LogP contribution in [0.15, 0.2) is 42.5 Å². The van der Waals surface area contributed by atoms with Crippen molar-refractivity contribution in [1.82, 2.24) is 20.3 Å². The summed E-state index contributed by atoms with van der Waals surface area (Å²) < 4.78 is 0. The Morgan fingerprint density at radius 3 is 2.47 bits per heavy atom. The lowest BCUT2D eigenvalue weighted by atomic mass is 10.1. The van der Waals surface area contributed by atoms with E-state index >= 15 is 0 Å². The third-order valence-corrected chi connectivity index (χ3v) is 5.53. The number of carbonyl (C=O) groups excluding carboxylic acids is 1. The molecule has 32 heavy (non-hydrogen) atoms. The van der Waals surface area contributed by atoms with E-state index in [9.17, 15) is 4.79 Å². The molecule has 166 valence electrons. The fraction of sp³-hybridized carbons (Fsp3) is 0.346. The minimum atomic E-state index is -0.306. The third-order valence-electron chi connectivity index (χ3n) is 5.53. The van der Waals surface area contributed by atoms with Crippen molar-refractivity contribution in [3.05, 3.63) is 53.7 Å². The number of fused-ring (bicyclic) bond motifs is 2. The van der Waals surface area contributed by atoms with Gasteiger partial charge in [0.15, 0.2) is 5.82 Å². The topological polar surface area (TPSA) is 73.9 Å². The molecule has 0 unspecified atom stereocenters. The Balaban J connectivity index is 1.86. The zero-order chi connectivity index (χ0) is 23.2. The van der Waals surface area contributed by atoms with Crippen LogP contribution in [0.4, 0.5) is 5.82 Å². The Bertz CT molecular complexity index is 1310. The molecule has 0 saturated heterocycles. The van der Waals surface area contributed by atoms with E-state index in [1.165, 1.54) is 0 Å². The van der Waals surface area contributed by atoms with Crippen molar-refractivity contribution in [2.45, 2.75) is 53.1 Å². The van der Waals surface area contributed by atoms with E-state index in [4.69, 9.17) is 9.97 Å². The van der Waals surface area contributed by atoms with Crippen LogP contribution in [0.1, 0.15) is 50.7 Å². The Hall–Kier alpha value is -3.41. The van der Waals surface area contributed by atoms with E-state index in [0.717, 1.165) is 39.2 Å². The fourth-order valence-electron chi connectivity index (χ4n) is 3.71. The van der Waals surface area contributed by atoms with E-state index < -0.39 is 0 Å². The first-order chi connectivity index (χ1) is 15.0. The van der Waals surface area contributed by atoms with Gasteiger partial charge >= 0.3 is 0 Å². The number of aromatic amines is 1. The van der Waals surface area contributed by atoms with Gasteiger partial charge < -0.3 is 15.2 Å². The molecular weight excluding hydrogens is 398 g/mol. The summed E-state index contributed by atoms with van der Waals surface area (Å²) >= 11 is 0. The average Bonchev–Trinajstić information content (AvgIpc) is 3.09. The maximum Gasteiger partial charge on any atom is 0.251 e. The van der Waals surface area contributed by atoms with Gasteiger partial charge in [-0.1, -0.05) is 6.07 Å². The summed E-state index contributed by atoms with van der Waals surface area (Å²) in [6.07, 6.45) is 0. The highest BCUT2D eigenvalue weighted by molar-refractivity contribution is 5.98. The van der Waals surface area contributed by atoms with Crippen molar-refractivity contribution < 1.29 is 4.79 Å². The standard InChI is InChI=1S/C26H31N5O/c1-15(2)31(7)24-23(17-8-10-20-19(13-17)12-16(3)27-20)28-21-11-9-18(14-22(21)29-24)25(32)30-26(4,5)6/h8-15,27H,1-7H3,(H,30,32). The van der Waals surface area contributed by atoms with Crippen LogP contribution in [0, 0.1) is 6.92 Å². The van der Waals surface area contributed by atoms with Crippen LogP contribution in [0.5, 0.6) is 0 Å². The Labute approximate surface area is 189 Å². The summed E-state index contributed by atoms with van der Waals surface area (Å²) in [7, 11) is 2.03. The van der Waals surface area contributed by atoms with Gasteiger partial charge in [0.25, 0.3) is 5.91 Å². The van der Waals surface area contributed by atoms with Crippen molar-refractivity contribution >= 4 is 33.7 Å². The molecule has 0 saturated carbocycles. The Morgan fingerprint density at radius 2 is 1.78 bits per heavy atom. The summed E-state index contributed by atoms with van der Waals surface area (Å²) in [6, 6.07) is 14.2. The fourth-order valence-corrected chi connectivity index (χ4v) is 3.71. The summed E-state index contributed by atoms with van der Waals surface area (Å²) in [6.45, 7) is 12.2. The van der Waals surface area contributed by atoms with Crippen molar-refractivity contribution in [2.24, 2.45) is 0 Å². The highest BCUT2D eigenvalue weighted by Crippen LogP contribution is 2.32. The molecule has 0 atom stereocenters. The first kappa shape index (κ1) is 21.8. The Morgan fingerprint density at radius 1 is 1.03 bits per heavy atom. The molecule has 4 rings (SSSR count). The maximum absolute atomic E-state index is 12.7. The van der Waals surface area contributed by atoms with Gasteiger partial charge in [0.1, 0.15) is 5.69 Å². The van der Waals surface area contributed by atoms with Crippen LogP contribution < -0.4 is 10.2 Å². The number of rotatable bonds is 4. The van der Waals surface area contributed by atoms with Gasteiger partial charge in [-0.15, -0.1) is 0 Å². The molecule has 1 amide bonds.